The molecule has 16 heteroatoms. The summed E-state index contributed by atoms with van der Waals surface area (Å²) in [6, 6.07) is 0. The SMILES string of the molecule is O.O.O.O.O.O.O.O=S(=O)([O-])[O-].[Cu+].[Cu+].[Cu].[Cu]. The topological polar surface area (TPSA) is 301 Å². The third kappa shape index (κ3) is 1210. The van der Waals surface area contributed by atoms with Gasteiger partial charge in [-0.3, -0.25) is 8.42 Å². The maximum Gasteiger partial charge on any atom is 1.00 e. The normalized spacial score (nSPS) is 3.62. The Morgan fingerprint density at radius 1 is 0.562 bits per heavy atom. The van der Waals surface area contributed by atoms with E-state index in [0.717, 1.165) is 0 Å². The summed E-state index contributed by atoms with van der Waals surface area (Å²) in [6.07, 6.45) is 0. The van der Waals surface area contributed by atoms with Crippen LogP contribution in [0.4, 0.5) is 0 Å². The fourth-order valence-corrected chi connectivity index (χ4v) is 0. The molecule has 0 saturated heterocycles. The number of rotatable bonds is 0. The van der Waals surface area contributed by atoms with Crippen molar-refractivity contribution in [3.63, 3.8) is 0 Å². The van der Waals surface area contributed by atoms with Gasteiger partial charge in [0.2, 0.25) is 0 Å². The van der Waals surface area contributed by atoms with Gasteiger partial charge in [0.05, 0.1) is 0 Å². The molecule has 16 heavy (non-hydrogen) atoms. The van der Waals surface area contributed by atoms with Gasteiger partial charge in [0.25, 0.3) is 0 Å². The Morgan fingerprint density at radius 2 is 0.562 bits per heavy atom. The molecule has 0 aliphatic heterocycles. The van der Waals surface area contributed by atoms with Gasteiger partial charge in [-0.25, -0.2) is 0 Å². The second-order valence-electron chi connectivity index (χ2n) is 0.408. The fraction of sp³-hybridized carbons (Fsp3) is 0. The Balaban J connectivity index is -0.00000000145. The predicted molar refractivity (Wildman–Crippen MR) is 35.8 cm³/mol. The van der Waals surface area contributed by atoms with Crippen molar-refractivity contribution in [3.05, 3.63) is 0 Å². The Labute approximate surface area is 134 Å². The van der Waals surface area contributed by atoms with Crippen molar-refractivity contribution >= 4 is 10.4 Å². The van der Waals surface area contributed by atoms with Crippen LogP contribution in [0.1, 0.15) is 0 Å². The third-order valence-corrected chi connectivity index (χ3v) is 0. The van der Waals surface area contributed by atoms with E-state index in [1.807, 2.05) is 0 Å². The minimum absolute atomic E-state index is 0. The molecule has 0 aromatic carbocycles. The summed E-state index contributed by atoms with van der Waals surface area (Å²) < 4.78 is 34.1. The van der Waals surface area contributed by atoms with Crippen LogP contribution in [0.15, 0.2) is 0 Å². The molecule has 0 atom stereocenters. The van der Waals surface area contributed by atoms with Crippen molar-refractivity contribution < 1.29 is 124 Å². The van der Waals surface area contributed by atoms with E-state index >= 15 is 0 Å². The van der Waals surface area contributed by atoms with E-state index < -0.39 is 10.4 Å². The summed E-state index contributed by atoms with van der Waals surface area (Å²) in [5.41, 5.74) is 0. The van der Waals surface area contributed by atoms with Crippen molar-refractivity contribution in [1.82, 2.24) is 0 Å². The molecule has 0 aromatic rings. The van der Waals surface area contributed by atoms with Gasteiger partial charge < -0.3 is 47.4 Å². The Kier molecular flexibility index (Phi) is 665. The van der Waals surface area contributed by atoms with Crippen molar-refractivity contribution in [2.45, 2.75) is 0 Å². The Morgan fingerprint density at radius 3 is 0.562 bits per heavy atom. The zero-order valence-corrected chi connectivity index (χ0v) is 11.3. The van der Waals surface area contributed by atoms with Crippen LogP contribution in [0.5, 0.6) is 0 Å². The molecule has 0 unspecified atom stereocenters. The first-order valence-corrected chi connectivity index (χ1v) is 2.00. The van der Waals surface area contributed by atoms with E-state index in [9.17, 15) is 0 Å². The van der Waals surface area contributed by atoms with Crippen LogP contribution < -0.4 is 0 Å². The standard InChI is InChI=1S/4Cu.H2O4S.7H2O/c;;;;1-5(2,3)4;;;;;;;/h;;;;(H2,1,2,3,4);7*1H2/q;;2*+1;;;;;;;;/p-2. The molecule has 0 saturated carbocycles. The zero-order valence-electron chi connectivity index (χ0n) is 6.75. The summed E-state index contributed by atoms with van der Waals surface area (Å²) in [5.74, 6) is 0. The number of hydrogen-bond acceptors (Lipinski definition) is 4. The average Bonchev–Trinajstić information content (AvgIpc) is 0.722. The van der Waals surface area contributed by atoms with Crippen molar-refractivity contribution in [3.8, 4) is 0 Å². The van der Waals surface area contributed by atoms with E-state index in [-0.39, 0.29) is 107 Å². The second-order valence-corrected chi connectivity index (χ2v) is 1.22. The van der Waals surface area contributed by atoms with Crippen LogP contribution in [0.3, 0.4) is 0 Å². The molecular weight excluding hydrogens is 462 g/mol. The maximum atomic E-state index is 8.52. The van der Waals surface area contributed by atoms with E-state index in [0.29, 0.717) is 0 Å². The van der Waals surface area contributed by atoms with Gasteiger partial charge in [0.1, 0.15) is 0 Å². The zero-order chi connectivity index (χ0) is 4.50. The maximum absolute atomic E-state index is 8.52. The van der Waals surface area contributed by atoms with Crippen LogP contribution in [-0.2, 0) is 78.7 Å². The van der Waals surface area contributed by atoms with Crippen molar-refractivity contribution in [2.75, 3.05) is 0 Å². The molecule has 0 aliphatic rings. The molecular formula is H14Cu4O11S. The largest absolute Gasteiger partial charge is 1.00 e. The molecule has 0 spiro atoms. The van der Waals surface area contributed by atoms with Crippen molar-refractivity contribution in [1.29, 1.82) is 0 Å². The summed E-state index contributed by atoms with van der Waals surface area (Å²) in [5, 5.41) is 0. The monoisotopic (exact) mass is 474 g/mol. The summed E-state index contributed by atoms with van der Waals surface area (Å²) in [7, 11) is -5.17. The van der Waals surface area contributed by atoms with Crippen LogP contribution in [0.25, 0.3) is 0 Å². The second kappa shape index (κ2) is 69.6. The molecule has 2 radical (unpaired) electrons. The summed E-state index contributed by atoms with van der Waals surface area (Å²) in [4.78, 5) is 0. The molecule has 0 aromatic heterocycles. The van der Waals surface area contributed by atoms with Gasteiger partial charge in [-0.1, -0.05) is 0 Å². The molecule has 0 amide bonds. The molecule has 0 rings (SSSR count). The Bertz CT molecular complexity index is 101. The molecule has 0 aliphatic carbocycles. The number of hydrogen-bond donors (Lipinski definition) is 0. The third-order valence-electron chi connectivity index (χ3n) is 0. The summed E-state index contributed by atoms with van der Waals surface area (Å²) in [6.45, 7) is 0. The van der Waals surface area contributed by atoms with Crippen LogP contribution in [0, 0.1) is 0 Å². The first-order valence-electron chi connectivity index (χ1n) is 0.667. The van der Waals surface area contributed by atoms with Gasteiger partial charge in [-0.05, 0) is 0 Å². The Hall–Kier alpha value is 1.67. The van der Waals surface area contributed by atoms with Crippen molar-refractivity contribution in [2.24, 2.45) is 0 Å². The fourth-order valence-electron chi connectivity index (χ4n) is 0. The smallest absolute Gasteiger partial charge is 0.759 e. The molecule has 14 N–H and O–H groups in total. The minimum atomic E-state index is -5.17. The molecule has 0 fully saturated rings. The van der Waals surface area contributed by atoms with E-state index in [4.69, 9.17) is 17.5 Å². The molecule has 130 valence electrons. The van der Waals surface area contributed by atoms with Gasteiger partial charge in [-0.2, -0.15) is 0 Å². The molecule has 0 bridgehead atoms. The quantitative estimate of drug-likeness (QED) is 0.187. The minimum Gasteiger partial charge on any atom is -0.759 e. The molecule has 0 heterocycles. The van der Waals surface area contributed by atoms with E-state index in [1.54, 1.807) is 0 Å². The van der Waals surface area contributed by atoms with E-state index in [1.165, 1.54) is 0 Å². The van der Waals surface area contributed by atoms with Crippen LogP contribution in [0.2, 0.25) is 0 Å². The first-order chi connectivity index (χ1) is 2.00. The van der Waals surface area contributed by atoms with Gasteiger partial charge >= 0.3 is 34.1 Å². The summed E-state index contributed by atoms with van der Waals surface area (Å²) >= 11 is 0. The van der Waals surface area contributed by atoms with E-state index in [2.05, 4.69) is 0 Å². The van der Waals surface area contributed by atoms with Gasteiger partial charge in [0.15, 0.2) is 0 Å². The van der Waals surface area contributed by atoms with Gasteiger partial charge in [-0.15, -0.1) is 0 Å². The first kappa shape index (κ1) is 153. The molecule has 11 nitrogen and oxygen atoms in total. The average molecular weight is 476 g/mol. The predicted octanol–water partition coefficient (Wildman–Crippen LogP) is -7.12. The van der Waals surface area contributed by atoms with Crippen LogP contribution in [-0.4, -0.2) is 55.9 Å². The van der Waals surface area contributed by atoms with Crippen LogP contribution >= 0.6 is 0 Å². The van der Waals surface area contributed by atoms with Gasteiger partial charge in [0, 0.05) is 44.5 Å².